The summed E-state index contributed by atoms with van der Waals surface area (Å²) in [6, 6.07) is 0. The van der Waals surface area contributed by atoms with Crippen LogP contribution >= 0.6 is 0 Å². The van der Waals surface area contributed by atoms with E-state index < -0.39 is 5.92 Å². The molecule has 1 heterocycles. The van der Waals surface area contributed by atoms with Gasteiger partial charge in [-0.05, 0) is 24.7 Å². The summed E-state index contributed by atoms with van der Waals surface area (Å²) >= 11 is 0. The minimum Gasteiger partial charge on any atom is -0.409 e. The maximum absolute atomic E-state index is 12.4. The van der Waals surface area contributed by atoms with Crippen molar-refractivity contribution in [2.24, 2.45) is 22.2 Å². The zero-order chi connectivity index (χ0) is 14.5. The summed E-state index contributed by atoms with van der Waals surface area (Å²) in [6.07, 6.45) is 5.01. The molecule has 1 aliphatic heterocycles. The summed E-state index contributed by atoms with van der Waals surface area (Å²) in [6.45, 7) is 7.91. The maximum Gasteiger partial charge on any atom is 0.233 e. The molecule has 19 heavy (non-hydrogen) atoms. The van der Waals surface area contributed by atoms with E-state index in [4.69, 9.17) is 10.9 Å². The Morgan fingerprint density at radius 1 is 1.32 bits per heavy atom. The molecular formula is C14H27N3O2. The highest BCUT2D eigenvalue weighted by molar-refractivity contribution is 6.02. The van der Waals surface area contributed by atoms with Crippen molar-refractivity contribution in [3.8, 4) is 0 Å². The molecule has 1 rings (SSSR count). The molecule has 0 bridgehead atoms. The van der Waals surface area contributed by atoms with Crippen molar-refractivity contribution in [2.75, 3.05) is 13.1 Å². The Hall–Kier alpha value is -1.26. The van der Waals surface area contributed by atoms with E-state index >= 15 is 0 Å². The summed E-state index contributed by atoms with van der Waals surface area (Å²) in [5.41, 5.74) is 5.99. The summed E-state index contributed by atoms with van der Waals surface area (Å²) in [5, 5.41) is 11.7. The van der Waals surface area contributed by atoms with Gasteiger partial charge in [0.2, 0.25) is 5.91 Å². The lowest BCUT2D eigenvalue weighted by Gasteiger charge is -2.41. The largest absolute Gasteiger partial charge is 0.409 e. The number of nitrogens with two attached hydrogens (primary N) is 1. The van der Waals surface area contributed by atoms with Crippen LogP contribution in [0.4, 0.5) is 0 Å². The van der Waals surface area contributed by atoms with Gasteiger partial charge >= 0.3 is 0 Å². The van der Waals surface area contributed by atoms with Gasteiger partial charge in [0, 0.05) is 13.1 Å². The molecule has 0 aromatic rings. The average molecular weight is 269 g/mol. The van der Waals surface area contributed by atoms with Crippen molar-refractivity contribution in [3.05, 3.63) is 0 Å². The molecule has 0 aromatic carbocycles. The van der Waals surface area contributed by atoms with Gasteiger partial charge in [-0.3, -0.25) is 4.79 Å². The Bertz CT molecular complexity index is 328. The van der Waals surface area contributed by atoms with Crippen LogP contribution in [-0.2, 0) is 4.79 Å². The van der Waals surface area contributed by atoms with Crippen molar-refractivity contribution in [2.45, 2.75) is 52.9 Å². The molecule has 0 aromatic heterocycles. The zero-order valence-corrected chi connectivity index (χ0v) is 12.4. The van der Waals surface area contributed by atoms with Gasteiger partial charge in [0.05, 0.1) is 5.92 Å². The fourth-order valence-corrected chi connectivity index (χ4v) is 2.96. The first kappa shape index (κ1) is 15.8. The lowest BCUT2D eigenvalue weighted by Crippen LogP contribution is -2.47. The van der Waals surface area contributed by atoms with E-state index in [1.165, 1.54) is 12.8 Å². The first-order chi connectivity index (χ1) is 9.03. The van der Waals surface area contributed by atoms with Crippen molar-refractivity contribution in [3.63, 3.8) is 0 Å². The van der Waals surface area contributed by atoms with Crippen molar-refractivity contribution < 1.29 is 10.0 Å². The molecule has 110 valence electrons. The standard InChI is InChI=1S/C14H27N3O2/c1-4-11(12(15)16-19)13(18)17-9-7-14(5-2,6-3)8-10-17/h11,19H,4-10H2,1-3H3,(H2,15,16). The van der Waals surface area contributed by atoms with Crippen molar-refractivity contribution in [1.82, 2.24) is 4.90 Å². The third kappa shape index (κ3) is 3.39. The van der Waals surface area contributed by atoms with Gasteiger partial charge < -0.3 is 15.8 Å². The summed E-state index contributed by atoms with van der Waals surface area (Å²) in [5.74, 6) is -0.463. The Morgan fingerprint density at radius 2 is 1.84 bits per heavy atom. The van der Waals surface area contributed by atoms with Crippen molar-refractivity contribution in [1.29, 1.82) is 0 Å². The minimum atomic E-state index is -0.485. The number of oxime groups is 1. The lowest BCUT2D eigenvalue weighted by molar-refractivity contribution is -0.136. The molecule has 3 N–H and O–H groups in total. The fourth-order valence-electron chi connectivity index (χ4n) is 2.96. The van der Waals surface area contributed by atoms with Crippen LogP contribution in [0.25, 0.3) is 0 Å². The molecule has 1 unspecified atom stereocenters. The molecular weight excluding hydrogens is 242 g/mol. The van der Waals surface area contributed by atoms with Gasteiger partial charge in [-0.25, -0.2) is 0 Å². The number of hydrogen-bond donors (Lipinski definition) is 2. The highest BCUT2D eigenvalue weighted by atomic mass is 16.4. The number of carbonyl (C=O) groups excluding carboxylic acids is 1. The van der Waals surface area contributed by atoms with Crippen LogP contribution in [0.15, 0.2) is 5.16 Å². The normalized spacial score (nSPS) is 21.2. The molecule has 5 nitrogen and oxygen atoms in total. The monoisotopic (exact) mass is 269 g/mol. The topological polar surface area (TPSA) is 78.9 Å². The number of nitrogens with zero attached hydrogens (tertiary/aromatic N) is 2. The number of amidine groups is 1. The minimum absolute atomic E-state index is 0.00129. The second-order valence-corrected chi connectivity index (χ2v) is 5.52. The first-order valence-electron chi connectivity index (χ1n) is 7.29. The predicted octanol–water partition coefficient (Wildman–Crippen LogP) is 2.19. The van der Waals surface area contributed by atoms with E-state index in [0.29, 0.717) is 11.8 Å². The number of rotatable bonds is 5. The lowest BCUT2D eigenvalue weighted by atomic mass is 9.74. The molecule has 0 spiro atoms. The highest BCUT2D eigenvalue weighted by Gasteiger charge is 2.35. The second kappa shape index (κ2) is 6.78. The maximum atomic E-state index is 12.4. The SMILES string of the molecule is CCC(C(=O)N1CCC(CC)(CC)CC1)C(N)=NO. The van der Waals surface area contributed by atoms with Crippen LogP contribution in [0.3, 0.4) is 0 Å². The number of likely N-dealkylation sites (tertiary alicyclic amines) is 1. The molecule has 0 aliphatic carbocycles. The third-order valence-electron chi connectivity index (χ3n) is 4.81. The zero-order valence-electron chi connectivity index (χ0n) is 12.4. The van der Waals surface area contributed by atoms with Crippen LogP contribution in [0.2, 0.25) is 0 Å². The third-order valence-corrected chi connectivity index (χ3v) is 4.81. The Labute approximate surface area is 115 Å². The summed E-state index contributed by atoms with van der Waals surface area (Å²) in [7, 11) is 0. The van der Waals surface area contributed by atoms with Crippen LogP contribution in [-0.4, -0.2) is 34.9 Å². The number of hydrogen-bond acceptors (Lipinski definition) is 3. The molecule has 1 aliphatic rings. The fraction of sp³-hybridized carbons (Fsp3) is 0.857. The molecule has 5 heteroatoms. The smallest absolute Gasteiger partial charge is 0.233 e. The molecule has 1 atom stereocenters. The molecule has 0 saturated carbocycles. The Kier molecular flexibility index (Phi) is 5.63. The summed E-state index contributed by atoms with van der Waals surface area (Å²) < 4.78 is 0. The molecule has 1 saturated heterocycles. The number of carbonyl (C=O) groups is 1. The highest BCUT2D eigenvalue weighted by Crippen LogP contribution is 2.38. The van der Waals surface area contributed by atoms with Crippen LogP contribution in [0, 0.1) is 11.3 Å². The van der Waals surface area contributed by atoms with Gasteiger partial charge in [-0.2, -0.15) is 0 Å². The van der Waals surface area contributed by atoms with Crippen molar-refractivity contribution >= 4 is 11.7 Å². The number of piperidine rings is 1. The van der Waals surface area contributed by atoms with Crippen LogP contribution in [0.5, 0.6) is 0 Å². The quantitative estimate of drug-likeness (QED) is 0.347. The second-order valence-electron chi connectivity index (χ2n) is 5.52. The van der Waals surface area contributed by atoms with E-state index in [9.17, 15) is 4.79 Å². The Morgan fingerprint density at radius 3 is 2.21 bits per heavy atom. The summed E-state index contributed by atoms with van der Waals surface area (Å²) in [4.78, 5) is 14.2. The molecule has 0 radical (unpaired) electrons. The van der Waals surface area contributed by atoms with Gasteiger partial charge in [0.25, 0.3) is 0 Å². The van der Waals surface area contributed by atoms with Crippen LogP contribution in [0.1, 0.15) is 52.9 Å². The predicted molar refractivity (Wildman–Crippen MR) is 76.0 cm³/mol. The van der Waals surface area contributed by atoms with E-state index in [2.05, 4.69) is 19.0 Å². The molecule has 1 amide bonds. The first-order valence-corrected chi connectivity index (χ1v) is 7.29. The van der Waals surface area contributed by atoms with E-state index in [-0.39, 0.29) is 11.7 Å². The van der Waals surface area contributed by atoms with Crippen LogP contribution < -0.4 is 5.73 Å². The van der Waals surface area contributed by atoms with E-state index in [0.717, 1.165) is 25.9 Å². The van der Waals surface area contributed by atoms with E-state index in [1.54, 1.807) is 0 Å². The number of amides is 1. The average Bonchev–Trinajstić information content (AvgIpc) is 2.47. The Balaban J connectivity index is 2.67. The van der Waals surface area contributed by atoms with Gasteiger partial charge in [0.1, 0.15) is 0 Å². The van der Waals surface area contributed by atoms with E-state index in [1.807, 2.05) is 11.8 Å². The van der Waals surface area contributed by atoms with Gasteiger partial charge in [0.15, 0.2) is 5.84 Å². The molecule has 1 fully saturated rings. The van der Waals surface area contributed by atoms with Gasteiger partial charge in [-0.15, -0.1) is 0 Å². The van der Waals surface area contributed by atoms with Gasteiger partial charge in [-0.1, -0.05) is 38.8 Å².